The second-order valence-electron chi connectivity index (χ2n) is 8.03. The van der Waals surface area contributed by atoms with Gasteiger partial charge in [-0.2, -0.15) is 0 Å². The number of alkyl carbamates (subject to hydrolysis) is 1. The summed E-state index contributed by atoms with van der Waals surface area (Å²) in [5.41, 5.74) is 2.04. The van der Waals surface area contributed by atoms with Crippen LogP contribution in [0.3, 0.4) is 0 Å². The Morgan fingerprint density at radius 2 is 1.94 bits per heavy atom. The zero-order valence-corrected chi connectivity index (χ0v) is 17.6. The van der Waals surface area contributed by atoms with Crippen LogP contribution < -0.4 is 15.1 Å². The van der Waals surface area contributed by atoms with Crippen LogP contribution in [0.2, 0.25) is 0 Å². The lowest BCUT2D eigenvalue weighted by Gasteiger charge is -2.40. The molecule has 2 fully saturated rings. The molecular weight excluding hydrogens is 392 g/mol. The Bertz CT molecular complexity index is 1080. The number of rotatable bonds is 5. The number of carbonyl (C=O) groups excluding carboxylic acids is 1. The predicted octanol–water partition coefficient (Wildman–Crippen LogP) is 2.95. The van der Waals surface area contributed by atoms with E-state index in [0.717, 1.165) is 54.3 Å². The molecule has 0 unspecified atom stereocenters. The molecule has 8 nitrogen and oxygen atoms in total. The van der Waals surface area contributed by atoms with Crippen molar-refractivity contribution in [2.45, 2.75) is 25.3 Å². The Balaban J connectivity index is 1.26. The molecule has 31 heavy (non-hydrogen) atoms. The number of anilines is 2. The van der Waals surface area contributed by atoms with Crippen LogP contribution in [-0.2, 0) is 4.74 Å². The minimum Gasteiger partial charge on any atom is -0.450 e. The number of ether oxygens (including phenoxy) is 1. The van der Waals surface area contributed by atoms with Crippen molar-refractivity contribution in [3.8, 4) is 0 Å². The van der Waals surface area contributed by atoms with Crippen molar-refractivity contribution in [2.24, 2.45) is 0 Å². The normalized spacial score (nSPS) is 18.8. The monoisotopic (exact) mass is 418 g/mol. The molecule has 2 saturated heterocycles. The Kier molecular flexibility index (Phi) is 5.28. The van der Waals surface area contributed by atoms with Gasteiger partial charge in [0.2, 0.25) is 0 Å². The molecule has 2 aliphatic rings. The predicted molar refractivity (Wildman–Crippen MR) is 120 cm³/mol. The van der Waals surface area contributed by atoms with Crippen molar-refractivity contribution in [3.63, 3.8) is 0 Å². The largest absolute Gasteiger partial charge is 0.450 e. The molecule has 4 heterocycles. The minimum atomic E-state index is -0.355. The smallest absolute Gasteiger partial charge is 0.407 e. The van der Waals surface area contributed by atoms with Gasteiger partial charge < -0.3 is 19.9 Å². The van der Waals surface area contributed by atoms with E-state index in [9.17, 15) is 4.79 Å². The van der Waals surface area contributed by atoms with Gasteiger partial charge in [0.15, 0.2) is 5.82 Å². The summed E-state index contributed by atoms with van der Waals surface area (Å²) < 4.78 is 5.01. The highest BCUT2D eigenvalue weighted by molar-refractivity contribution is 5.80. The van der Waals surface area contributed by atoms with Crippen molar-refractivity contribution in [1.82, 2.24) is 20.3 Å². The summed E-state index contributed by atoms with van der Waals surface area (Å²) in [6, 6.07) is 12.5. The number of nitrogens with zero attached hydrogens (tertiary/aromatic N) is 5. The van der Waals surface area contributed by atoms with E-state index in [-0.39, 0.29) is 12.1 Å². The van der Waals surface area contributed by atoms with Crippen molar-refractivity contribution >= 4 is 28.6 Å². The van der Waals surface area contributed by atoms with Crippen LogP contribution >= 0.6 is 0 Å². The number of fused-ring (bicyclic) bond motifs is 1. The molecule has 160 valence electrons. The van der Waals surface area contributed by atoms with E-state index in [1.807, 2.05) is 25.1 Å². The number of hydrogen-bond acceptors (Lipinski definition) is 7. The molecule has 5 rings (SSSR count). The zero-order chi connectivity index (χ0) is 21.2. The molecule has 1 aromatic carbocycles. The minimum absolute atomic E-state index is 0.0635. The molecule has 2 aliphatic heterocycles. The van der Waals surface area contributed by atoms with Crippen LogP contribution in [0, 0.1) is 0 Å². The standard InChI is InChI=1S/C23H26N6O2/c1-2-31-23(30)26-18-9-12-28(15-18)22-21(24-10-11-25-22)17-13-29(14-17)20-8-7-16-5-3-4-6-19(16)27-20/h3-8,10-11,17-18H,2,9,12-15H2,1H3,(H,26,30)/t18-/m0/s1. The summed E-state index contributed by atoms with van der Waals surface area (Å²) in [6.07, 6.45) is 4.02. The van der Waals surface area contributed by atoms with Gasteiger partial charge in [-0.25, -0.2) is 14.8 Å². The number of carbonyl (C=O) groups is 1. The molecule has 0 spiro atoms. The number of amides is 1. The molecule has 1 N–H and O–H groups in total. The first-order valence-electron chi connectivity index (χ1n) is 10.8. The highest BCUT2D eigenvalue weighted by Gasteiger charge is 2.35. The second-order valence-corrected chi connectivity index (χ2v) is 8.03. The van der Waals surface area contributed by atoms with Crippen LogP contribution in [0.25, 0.3) is 10.9 Å². The maximum absolute atomic E-state index is 11.7. The van der Waals surface area contributed by atoms with Crippen molar-refractivity contribution in [2.75, 3.05) is 42.6 Å². The number of nitrogens with one attached hydrogen (secondary N) is 1. The first-order chi connectivity index (χ1) is 15.2. The van der Waals surface area contributed by atoms with Crippen LogP contribution in [0.5, 0.6) is 0 Å². The summed E-state index contributed by atoms with van der Waals surface area (Å²) in [5.74, 6) is 2.24. The van der Waals surface area contributed by atoms with Gasteiger partial charge in [-0.1, -0.05) is 18.2 Å². The van der Waals surface area contributed by atoms with Crippen LogP contribution in [0.4, 0.5) is 16.4 Å². The van der Waals surface area contributed by atoms with E-state index in [1.54, 1.807) is 12.4 Å². The van der Waals surface area contributed by atoms with E-state index < -0.39 is 0 Å². The molecular formula is C23H26N6O2. The highest BCUT2D eigenvalue weighted by Crippen LogP contribution is 2.35. The van der Waals surface area contributed by atoms with E-state index in [4.69, 9.17) is 9.72 Å². The third-order valence-corrected chi connectivity index (χ3v) is 5.97. The van der Waals surface area contributed by atoms with Gasteiger partial charge in [0.25, 0.3) is 0 Å². The SMILES string of the molecule is CCOC(=O)N[C@H]1CCN(c2nccnc2C2CN(c3ccc4ccccc4n3)C2)C1. The topological polar surface area (TPSA) is 83.5 Å². The van der Waals surface area contributed by atoms with Crippen LogP contribution in [0.15, 0.2) is 48.8 Å². The van der Waals surface area contributed by atoms with Gasteiger partial charge >= 0.3 is 6.09 Å². The molecule has 1 amide bonds. The van der Waals surface area contributed by atoms with Gasteiger partial charge in [-0.05, 0) is 31.5 Å². The zero-order valence-electron chi connectivity index (χ0n) is 17.6. The molecule has 0 bridgehead atoms. The van der Waals surface area contributed by atoms with E-state index in [1.165, 1.54) is 0 Å². The summed E-state index contributed by atoms with van der Waals surface area (Å²) in [5, 5.41) is 4.08. The quantitative estimate of drug-likeness (QED) is 0.682. The van der Waals surface area contributed by atoms with Gasteiger partial charge in [0.1, 0.15) is 5.82 Å². The third kappa shape index (κ3) is 3.97. The number of pyridine rings is 1. The number of aromatic nitrogens is 3. The van der Waals surface area contributed by atoms with Crippen LogP contribution in [0.1, 0.15) is 25.0 Å². The molecule has 8 heteroatoms. The first-order valence-corrected chi connectivity index (χ1v) is 10.8. The maximum atomic E-state index is 11.7. The van der Waals surface area contributed by atoms with Crippen molar-refractivity contribution < 1.29 is 9.53 Å². The van der Waals surface area contributed by atoms with Crippen molar-refractivity contribution in [1.29, 1.82) is 0 Å². The summed E-state index contributed by atoms with van der Waals surface area (Å²) in [4.78, 5) is 30.4. The Morgan fingerprint density at radius 1 is 1.10 bits per heavy atom. The summed E-state index contributed by atoms with van der Waals surface area (Å²) in [7, 11) is 0. The molecule has 2 aromatic heterocycles. The lowest BCUT2D eigenvalue weighted by atomic mass is 9.95. The molecule has 0 aliphatic carbocycles. The Labute approximate surface area is 181 Å². The lowest BCUT2D eigenvalue weighted by molar-refractivity contribution is 0.149. The molecule has 1 atom stereocenters. The fourth-order valence-electron chi connectivity index (χ4n) is 4.35. The second kappa shape index (κ2) is 8.37. The molecule has 3 aromatic rings. The fraction of sp³-hybridized carbons (Fsp3) is 0.391. The van der Waals surface area contributed by atoms with Gasteiger partial charge in [-0.3, -0.25) is 4.98 Å². The highest BCUT2D eigenvalue weighted by atomic mass is 16.5. The molecule has 0 saturated carbocycles. The number of hydrogen-bond donors (Lipinski definition) is 1. The Morgan fingerprint density at radius 3 is 2.81 bits per heavy atom. The average molecular weight is 419 g/mol. The van der Waals surface area contributed by atoms with Gasteiger partial charge in [0.05, 0.1) is 23.9 Å². The van der Waals surface area contributed by atoms with Gasteiger partial charge in [-0.15, -0.1) is 0 Å². The first kappa shape index (κ1) is 19.5. The number of para-hydroxylation sites is 1. The number of benzene rings is 1. The lowest BCUT2D eigenvalue weighted by Crippen LogP contribution is -2.46. The van der Waals surface area contributed by atoms with E-state index >= 15 is 0 Å². The van der Waals surface area contributed by atoms with E-state index in [0.29, 0.717) is 19.1 Å². The van der Waals surface area contributed by atoms with Crippen molar-refractivity contribution in [3.05, 3.63) is 54.5 Å². The summed E-state index contributed by atoms with van der Waals surface area (Å²) >= 11 is 0. The fourth-order valence-corrected chi connectivity index (χ4v) is 4.35. The van der Waals surface area contributed by atoms with E-state index in [2.05, 4.69) is 43.3 Å². The van der Waals surface area contributed by atoms with Crippen LogP contribution in [-0.4, -0.2) is 59.9 Å². The summed E-state index contributed by atoms with van der Waals surface area (Å²) in [6.45, 7) is 5.48. The van der Waals surface area contributed by atoms with Gasteiger partial charge in [0, 0.05) is 49.9 Å². The maximum Gasteiger partial charge on any atom is 0.407 e. The average Bonchev–Trinajstić information content (AvgIpc) is 3.21. The third-order valence-electron chi connectivity index (χ3n) is 5.97. The molecule has 0 radical (unpaired) electrons. The Hall–Kier alpha value is -3.42.